The molecule has 0 aromatic heterocycles. The Balaban J connectivity index is 2.48. The summed E-state index contributed by atoms with van der Waals surface area (Å²) in [5, 5.41) is 17.7. The van der Waals surface area contributed by atoms with Crippen molar-refractivity contribution in [3.05, 3.63) is 47.5 Å². The Morgan fingerprint density at radius 1 is 1.15 bits per heavy atom. The van der Waals surface area contributed by atoms with E-state index in [4.69, 9.17) is 10.4 Å². The highest BCUT2D eigenvalue weighted by Crippen LogP contribution is 2.23. The van der Waals surface area contributed by atoms with E-state index in [0.717, 1.165) is 31.2 Å². The average molecular weight is 356 g/mol. The zero-order valence-electron chi connectivity index (χ0n) is 16.1. The van der Waals surface area contributed by atoms with Crippen LogP contribution in [0.25, 0.3) is 0 Å². The number of benzene rings is 1. The fourth-order valence-electron chi connectivity index (χ4n) is 3.37. The Hall–Kier alpha value is -2.08. The van der Waals surface area contributed by atoms with E-state index in [1.165, 1.54) is 56.6 Å². The summed E-state index contributed by atoms with van der Waals surface area (Å²) in [5.41, 5.74) is 1.96. The molecule has 142 valence electrons. The van der Waals surface area contributed by atoms with E-state index >= 15 is 0 Å². The van der Waals surface area contributed by atoms with E-state index in [0.29, 0.717) is 5.92 Å². The van der Waals surface area contributed by atoms with Gasteiger partial charge in [0.25, 0.3) is 0 Å². The van der Waals surface area contributed by atoms with E-state index in [-0.39, 0.29) is 0 Å². The minimum atomic E-state index is -0.873. The lowest BCUT2D eigenvalue weighted by molar-refractivity contribution is -0.131. The van der Waals surface area contributed by atoms with Gasteiger partial charge >= 0.3 is 5.97 Å². The van der Waals surface area contributed by atoms with Gasteiger partial charge in [0, 0.05) is 6.08 Å². The molecular formula is C23H33NO2. The van der Waals surface area contributed by atoms with E-state index in [2.05, 4.69) is 19.1 Å². The first-order valence-electron chi connectivity index (χ1n) is 10.0. The van der Waals surface area contributed by atoms with Gasteiger partial charge in [0.15, 0.2) is 0 Å². The molecule has 1 N–H and O–H groups in total. The molecule has 0 aliphatic heterocycles. The maximum Gasteiger partial charge on any atom is 0.327 e. The van der Waals surface area contributed by atoms with Gasteiger partial charge in [0.1, 0.15) is 0 Å². The lowest BCUT2D eigenvalue weighted by Gasteiger charge is -2.17. The van der Waals surface area contributed by atoms with Crippen LogP contribution < -0.4 is 0 Å². The van der Waals surface area contributed by atoms with Crippen molar-refractivity contribution in [2.75, 3.05) is 0 Å². The molecule has 1 rings (SSSR count). The number of aliphatic carboxylic acids is 1. The zero-order chi connectivity index (χ0) is 19.0. The zero-order valence-corrected chi connectivity index (χ0v) is 16.1. The number of unbranched alkanes of at least 4 members (excludes halogenated alkanes) is 6. The quantitative estimate of drug-likeness (QED) is 0.315. The van der Waals surface area contributed by atoms with E-state index in [9.17, 15) is 4.79 Å². The van der Waals surface area contributed by atoms with E-state index < -0.39 is 5.97 Å². The number of nitriles is 1. The molecule has 0 aliphatic rings. The van der Waals surface area contributed by atoms with Crippen LogP contribution in [0.1, 0.15) is 82.3 Å². The summed E-state index contributed by atoms with van der Waals surface area (Å²) < 4.78 is 0. The SMILES string of the molecule is CCCCCCCC[C@H](CCC/C=C/C(=O)O)Cc1cccc(C#N)c1. The molecular weight excluding hydrogens is 322 g/mol. The van der Waals surface area contributed by atoms with Gasteiger partial charge in [-0.05, 0) is 49.3 Å². The van der Waals surface area contributed by atoms with Gasteiger partial charge in [-0.2, -0.15) is 5.26 Å². The van der Waals surface area contributed by atoms with Crippen LogP contribution >= 0.6 is 0 Å². The number of allylic oxidation sites excluding steroid dienone is 1. The minimum Gasteiger partial charge on any atom is -0.478 e. The van der Waals surface area contributed by atoms with Crippen molar-refractivity contribution in [3.8, 4) is 6.07 Å². The summed E-state index contributed by atoms with van der Waals surface area (Å²) in [6.07, 6.45) is 16.0. The fourth-order valence-corrected chi connectivity index (χ4v) is 3.37. The maximum absolute atomic E-state index is 10.5. The monoisotopic (exact) mass is 355 g/mol. The van der Waals surface area contributed by atoms with Crippen molar-refractivity contribution >= 4 is 5.97 Å². The van der Waals surface area contributed by atoms with Crippen LogP contribution in [0.2, 0.25) is 0 Å². The summed E-state index contributed by atoms with van der Waals surface area (Å²) in [4.78, 5) is 10.5. The Labute approximate surface area is 158 Å². The van der Waals surface area contributed by atoms with Crippen LogP contribution in [0.3, 0.4) is 0 Å². The van der Waals surface area contributed by atoms with Crippen molar-refractivity contribution in [3.63, 3.8) is 0 Å². The number of nitrogens with zero attached hydrogens (tertiary/aromatic N) is 1. The molecule has 0 amide bonds. The van der Waals surface area contributed by atoms with Crippen molar-refractivity contribution in [1.82, 2.24) is 0 Å². The van der Waals surface area contributed by atoms with Crippen molar-refractivity contribution in [2.45, 2.75) is 77.6 Å². The van der Waals surface area contributed by atoms with Crippen LogP contribution in [0.5, 0.6) is 0 Å². The predicted molar refractivity (Wildman–Crippen MR) is 107 cm³/mol. The number of hydrogen-bond acceptors (Lipinski definition) is 2. The largest absolute Gasteiger partial charge is 0.478 e. The standard InChI is InChI=1S/C23H33NO2/c1-2-3-4-5-6-8-12-20(13-9-7-10-16-23(25)26)17-21-14-11-15-22(18-21)19-24/h10-11,14-16,18,20H,2-9,12-13,17H2,1H3,(H,25,26)/b16-10+/t20-/m1/s1. The summed E-state index contributed by atoms with van der Waals surface area (Å²) in [6.45, 7) is 2.24. The average Bonchev–Trinajstić information content (AvgIpc) is 2.63. The molecule has 0 unspecified atom stereocenters. The highest BCUT2D eigenvalue weighted by Gasteiger charge is 2.10. The van der Waals surface area contributed by atoms with Crippen LogP contribution in [-0.2, 0) is 11.2 Å². The lowest BCUT2D eigenvalue weighted by Crippen LogP contribution is -2.05. The Morgan fingerprint density at radius 3 is 2.62 bits per heavy atom. The van der Waals surface area contributed by atoms with Gasteiger partial charge in [0.2, 0.25) is 0 Å². The van der Waals surface area contributed by atoms with Crippen LogP contribution in [0.4, 0.5) is 0 Å². The molecule has 0 spiro atoms. The molecule has 0 saturated carbocycles. The fraction of sp³-hybridized carbons (Fsp3) is 0.565. The summed E-state index contributed by atoms with van der Waals surface area (Å²) in [6, 6.07) is 10.1. The second kappa shape index (κ2) is 14.1. The van der Waals surface area contributed by atoms with Gasteiger partial charge in [-0.15, -0.1) is 0 Å². The van der Waals surface area contributed by atoms with Crippen molar-refractivity contribution in [2.24, 2.45) is 5.92 Å². The Kier molecular flexibility index (Phi) is 11.9. The highest BCUT2D eigenvalue weighted by molar-refractivity contribution is 5.79. The molecule has 0 saturated heterocycles. The molecule has 0 heterocycles. The smallest absolute Gasteiger partial charge is 0.327 e. The number of hydrogen-bond donors (Lipinski definition) is 1. The minimum absolute atomic E-state index is 0.605. The summed E-state index contributed by atoms with van der Waals surface area (Å²) in [7, 11) is 0. The Morgan fingerprint density at radius 2 is 1.88 bits per heavy atom. The molecule has 26 heavy (non-hydrogen) atoms. The van der Waals surface area contributed by atoms with Gasteiger partial charge in [-0.1, -0.05) is 70.1 Å². The number of carboxylic acids is 1. The molecule has 3 heteroatoms. The van der Waals surface area contributed by atoms with Crippen LogP contribution in [-0.4, -0.2) is 11.1 Å². The van der Waals surface area contributed by atoms with Gasteiger partial charge in [0.05, 0.1) is 11.6 Å². The summed E-state index contributed by atoms with van der Waals surface area (Å²) >= 11 is 0. The number of carbonyl (C=O) groups is 1. The number of carboxylic acid groups (broad SMARTS) is 1. The third kappa shape index (κ3) is 10.7. The topological polar surface area (TPSA) is 61.1 Å². The molecule has 0 bridgehead atoms. The Bertz CT molecular complexity index is 586. The summed E-state index contributed by atoms with van der Waals surface area (Å²) in [5.74, 6) is -0.268. The maximum atomic E-state index is 10.5. The van der Waals surface area contributed by atoms with Gasteiger partial charge in [-0.3, -0.25) is 0 Å². The van der Waals surface area contributed by atoms with Crippen molar-refractivity contribution in [1.29, 1.82) is 5.26 Å². The third-order valence-corrected chi connectivity index (χ3v) is 4.79. The predicted octanol–water partition coefficient (Wildman–Crippen LogP) is 6.28. The van der Waals surface area contributed by atoms with E-state index in [1.807, 2.05) is 18.2 Å². The molecule has 1 aromatic rings. The highest BCUT2D eigenvalue weighted by atomic mass is 16.4. The van der Waals surface area contributed by atoms with Gasteiger partial charge in [-0.25, -0.2) is 4.79 Å². The van der Waals surface area contributed by atoms with E-state index in [1.54, 1.807) is 6.08 Å². The molecule has 0 fully saturated rings. The van der Waals surface area contributed by atoms with Crippen LogP contribution in [0, 0.1) is 17.2 Å². The second-order valence-electron chi connectivity index (χ2n) is 7.11. The normalized spacial score (nSPS) is 12.2. The van der Waals surface area contributed by atoms with Crippen LogP contribution in [0.15, 0.2) is 36.4 Å². The molecule has 1 aromatic carbocycles. The first-order chi connectivity index (χ1) is 12.7. The molecule has 3 nitrogen and oxygen atoms in total. The molecule has 0 radical (unpaired) electrons. The number of rotatable bonds is 14. The van der Waals surface area contributed by atoms with Gasteiger partial charge < -0.3 is 5.11 Å². The first kappa shape index (κ1) is 22.0. The lowest BCUT2D eigenvalue weighted by atomic mass is 9.88. The third-order valence-electron chi connectivity index (χ3n) is 4.79. The molecule has 1 atom stereocenters. The first-order valence-corrected chi connectivity index (χ1v) is 10.0. The molecule has 0 aliphatic carbocycles. The van der Waals surface area contributed by atoms with Crippen molar-refractivity contribution < 1.29 is 9.90 Å². The second-order valence-corrected chi connectivity index (χ2v) is 7.11.